The van der Waals surface area contributed by atoms with Crippen molar-refractivity contribution in [3.63, 3.8) is 0 Å². The summed E-state index contributed by atoms with van der Waals surface area (Å²) < 4.78 is 47.0. The van der Waals surface area contributed by atoms with Crippen molar-refractivity contribution in [3.05, 3.63) is 24.3 Å². The number of hydrogen-bond donors (Lipinski definition) is 1. The second kappa shape index (κ2) is 5.62. The van der Waals surface area contributed by atoms with Gasteiger partial charge in [0, 0.05) is 18.8 Å². The summed E-state index contributed by atoms with van der Waals surface area (Å²) in [6.07, 6.45) is 0. The number of aliphatic hydroxyl groups is 1. The highest BCUT2D eigenvalue weighted by Crippen LogP contribution is 2.22. The molecule has 1 N–H and O–H groups in total. The number of benzene rings is 1. The van der Waals surface area contributed by atoms with Crippen LogP contribution in [-0.4, -0.2) is 39.0 Å². The molecule has 1 unspecified atom stereocenters. The van der Waals surface area contributed by atoms with Gasteiger partial charge in [0.1, 0.15) is 0 Å². The monoisotopic (exact) mass is 279 g/mol. The summed E-state index contributed by atoms with van der Waals surface area (Å²) >= 11 is 0. The van der Waals surface area contributed by atoms with E-state index in [1.54, 1.807) is 18.9 Å². The fraction of sp³-hybridized carbons (Fsp3) is 0.455. The molecule has 0 aliphatic rings. The van der Waals surface area contributed by atoms with Gasteiger partial charge in [-0.05, 0) is 31.2 Å². The van der Waals surface area contributed by atoms with E-state index in [-0.39, 0.29) is 12.6 Å². The molecule has 0 spiro atoms. The van der Waals surface area contributed by atoms with E-state index in [4.69, 9.17) is 5.11 Å². The normalized spacial score (nSPS) is 13.7. The fourth-order valence-electron chi connectivity index (χ4n) is 1.35. The minimum Gasteiger partial charge on any atom is -0.394 e. The lowest BCUT2D eigenvalue weighted by molar-refractivity contribution is 0.234. The molecule has 0 saturated carbocycles. The third-order valence-electron chi connectivity index (χ3n) is 2.73. The van der Waals surface area contributed by atoms with Gasteiger partial charge in [-0.1, -0.05) is 0 Å². The summed E-state index contributed by atoms with van der Waals surface area (Å²) in [5.41, 5.74) is 0.643. The molecule has 102 valence electrons. The van der Waals surface area contributed by atoms with Crippen LogP contribution in [0.15, 0.2) is 29.2 Å². The Morgan fingerprint density at radius 1 is 1.28 bits per heavy atom. The van der Waals surface area contributed by atoms with E-state index in [0.717, 1.165) is 12.1 Å². The van der Waals surface area contributed by atoms with Crippen LogP contribution in [0, 0.1) is 0 Å². The number of aliphatic hydroxyl groups excluding tert-OH is 1. The molecule has 0 aliphatic heterocycles. The van der Waals surface area contributed by atoms with Gasteiger partial charge >= 0.3 is 5.76 Å². The topological polar surface area (TPSA) is 57.6 Å². The highest BCUT2D eigenvalue weighted by molar-refractivity contribution is 7.91. The van der Waals surface area contributed by atoms with E-state index >= 15 is 0 Å². The summed E-state index contributed by atoms with van der Waals surface area (Å²) in [4.78, 5) is 1.31. The summed E-state index contributed by atoms with van der Waals surface area (Å²) in [6, 6.07) is 4.99. The van der Waals surface area contributed by atoms with Crippen LogP contribution in [0.1, 0.15) is 6.92 Å². The number of sulfone groups is 1. The lowest BCUT2D eigenvalue weighted by atomic mass is 10.2. The van der Waals surface area contributed by atoms with Crippen molar-refractivity contribution in [1.29, 1.82) is 0 Å². The van der Waals surface area contributed by atoms with Crippen LogP contribution < -0.4 is 4.90 Å². The molecular weight excluding hydrogens is 264 g/mol. The lowest BCUT2D eigenvalue weighted by Crippen LogP contribution is -2.31. The zero-order valence-electron chi connectivity index (χ0n) is 10.0. The summed E-state index contributed by atoms with van der Waals surface area (Å²) in [5, 5.41) is 8.99. The molecular formula is C11H15F2NO3S. The number of rotatable bonds is 5. The second-order valence-electron chi connectivity index (χ2n) is 3.94. The number of anilines is 1. The molecule has 0 fully saturated rings. The predicted octanol–water partition coefficient (Wildman–Crippen LogP) is 1.50. The molecule has 1 aromatic carbocycles. The van der Waals surface area contributed by atoms with Gasteiger partial charge in [0.05, 0.1) is 11.5 Å². The van der Waals surface area contributed by atoms with Crippen LogP contribution in [-0.2, 0) is 9.84 Å². The number of nitrogens with zero attached hydrogens (tertiary/aromatic N) is 1. The smallest absolute Gasteiger partial charge is 0.341 e. The predicted molar refractivity (Wildman–Crippen MR) is 64.6 cm³/mol. The Bertz CT molecular complexity index is 488. The maximum Gasteiger partial charge on any atom is 0.341 e. The molecule has 1 rings (SSSR count). The van der Waals surface area contributed by atoms with Crippen molar-refractivity contribution >= 4 is 15.5 Å². The Balaban J connectivity index is 3.01. The molecule has 18 heavy (non-hydrogen) atoms. The Hall–Kier alpha value is -1.21. The van der Waals surface area contributed by atoms with Gasteiger partial charge in [0.25, 0.3) is 0 Å². The molecule has 0 aromatic heterocycles. The molecule has 0 aliphatic carbocycles. The van der Waals surface area contributed by atoms with Crippen molar-refractivity contribution in [2.75, 3.05) is 18.6 Å². The number of halogens is 2. The molecule has 0 bridgehead atoms. The zero-order valence-corrected chi connectivity index (χ0v) is 10.9. The van der Waals surface area contributed by atoms with Gasteiger partial charge in [0.2, 0.25) is 9.84 Å². The molecule has 7 heteroatoms. The highest BCUT2D eigenvalue weighted by Gasteiger charge is 2.26. The SMILES string of the molecule is CC(CO)N(C)c1ccc(S(=O)(=O)C(F)F)cc1. The third-order valence-corrected chi connectivity index (χ3v) is 4.13. The average Bonchev–Trinajstić information content (AvgIpc) is 2.36. The van der Waals surface area contributed by atoms with Crippen molar-refractivity contribution in [3.8, 4) is 0 Å². The Morgan fingerprint density at radius 2 is 1.78 bits per heavy atom. The highest BCUT2D eigenvalue weighted by atomic mass is 32.2. The van der Waals surface area contributed by atoms with E-state index in [1.807, 2.05) is 0 Å². The van der Waals surface area contributed by atoms with E-state index in [1.165, 1.54) is 12.1 Å². The number of alkyl halides is 2. The number of likely N-dealkylation sites (N-methyl/N-ethyl adjacent to an activating group) is 1. The van der Waals surface area contributed by atoms with Crippen molar-refractivity contribution in [2.45, 2.75) is 23.6 Å². The first-order valence-electron chi connectivity index (χ1n) is 5.26. The lowest BCUT2D eigenvalue weighted by Gasteiger charge is -2.25. The van der Waals surface area contributed by atoms with Gasteiger partial charge in [-0.15, -0.1) is 0 Å². The molecule has 4 nitrogen and oxygen atoms in total. The first-order valence-corrected chi connectivity index (χ1v) is 6.81. The van der Waals surface area contributed by atoms with E-state index in [9.17, 15) is 17.2 Å². The maximum absolute atomic E-state index is 12.3. The van der Waals surface area contributed by atoms with Gasteiger partial charge in [-0.3, -0.25) is 0 Å². The van der Waals surface area contributed by atoms with Crippen LogP contribution in [0.4, 0.5) is 14.5 Å². The Kier molecular flexibility index (Phi) is 4.64. The van der Waals surface area contributed by atoms with Crippen LogP contribution in [0.25, 0.3) is 0 Å². The first-order chi connectivity index (χ1) is 8.30. The summed E-state index contributed by atoms with van der Waals surface area (Å²) in [6.45, 7) is 1.72. The number of hydrogen-bond acceptors (Lipinski definition) is 4. The van der Waals surface area contributed by atoms with Gasteiger partial charge in [-0.2, -0.15) is 8.78 Å². The third kappa shape index (κ3) is 2.97. The summed E-state index contributed by atoms with van der Waals surface area (Å²) in [7, 11) is -2.83. The van der Waals surface area contributed by atoms with Gasteiger partial charge in [0.15, 0.2) is 0 Å². The van der Waals surface area contributed by atoms with Crippen LogP contribution in [0.5, 0.6) is 0 Å². The largest absolute Gasteiger partial charge is 0.394 e. The standard InChI is InChI=1S/C11H15F2NO3S/c1-8(7-15)14(2)9-3-5-10(6-4-9)18(16,17)11(12)13/h3-6,8,11,15H,7H2,1-2H3. The second-order valence-corrected chi connectivity index (χ2v) is 5.86. The minimum absolute atomic E-state index is 0.0619. The maximum atomic E-state index is 12.3. The van der Waals surface area contributed by atoms with Crippen LogP contribution in [0.2, 0.25) is 0 Å². The molecule has 0 heterocycles. The molecule has 0 saturated heterocycles. The van der Waals surface area contributed by atoms with Crippen LogP contribution >= 0.6 is 0 Å². The minimum atomic E-state index is -4.55. The zero-order chi connectivity index (χ0) is 13.9. The fourth-order valence-corrected chi connectivity index (χ4v) is 2.07. The summed E-state index contributed by atoms with van der Waals surface area (Å²) in [5.74, 6) is -3.42. The Morgan fingerprint density at radius 3 is 2.17 bits per heavy atom. The molecule has 0 radical (unpaired) electrons. The molecule has 1 atom stereocenters. The van der Waals surface area contributed by atoms with E-state index < -0.39 is 20.5 Å². The van der Waals surface area contributed by atoms with Gasteiger partial charge < -0.3 is 10.0 Å². The Labute approximate surface area is 105 Å². The van der Waals surface area contributed by atoms with Crippen LogP contribution in [0.3, 0.4) is 0 Å². The average molecular weight is 279 g/mol. The van der Waals surface area contributed by atoms with Gasteiger partial charge in [-0.25, -0.2) is 8.42 Å². The molecule has 0 amide bonds. The molecule has 1 aromatic rings. The van der Waals surface area contributed by atoms with E-state index in [2.05, 4.69) is 0 Å². The van der Waals surface area contributed by atoms with Crippen molar-refractivity contribution in [2.24, 2.45) is 0 Å². The first kappa shape index (κ1) is 14.8. The van der Waals surface area contributed by atoms with Crippen molar-refractivity contribution in [1.82, 2.24) is 0 Å². The van der Waals surface area contributed by atoms with Crippen molar-refractivity contribution < 1.29 is 22.3 Å². The van der Waals surface area contributed by atoms with E-state index in [0.29, 0.717) is 5.69 Å². The quantitative estimate of drug-likeness (QED) is 0.887.